The van der Waals surface area contributed by atoms with Crippen molar-refractivity contribution in [3.63, 3.8) is 0 Å². The number of Topliss-reactive ketones (excluding diaryl/α,β-unsaturated/α-hetero) is 1. The van der Waals surface area contributed by atoms with Gasteiger partial charge in [0, 0.05) is 35.6 Å². The first-order chi connectivity index (χ1) is 14.8. The maximum absolute atomic E-state index is 13.2. The van der Waals surface area contributed by atoms with E-state index in [2.05, 4.69) is 22.1 Å². The molecule has 160 valence electrons. The minimum absolute atomic E-state index is 0.0193. The fourth-order valence-corrected chi connectivity index (χ4v) is 3.79. The third-order valence-corrected chi connectivity index (χ3v) is 5.22. The van der Waals surface area contributed by atoms with E-state index in [-0.39, 0.29) is 17.7 Å². The van der Waals surface area contributed by atoms with Gasteiger partial charge in [0.05, 0.1) is 25.4 Å². The lowest BCUT2D eigenvalue weighted by atomic mass is 9.94. The molecule has 0 aliphatic carbocycles. The van der Waals surface area contributed by atoms with Gasteiger partial charge in [-0.15, -0.1) is 0 Å². The van der Waals surface area contributed by atoms with E-state index in [9.17, 15) is 9.59 Å². The van der Waals surface area contributed by atoms with E-state index >= 15 is 0 Å². The molecule has 3 heterocycles. The zero-order chi connectivity index (χ0) is 22.0. The second-order valence-electron chi connectivity index (χ2n) is 9.12. The summed E-state index contributed by atoms with van der Waals surface area (Å²) in [6, 6.07) is 13.9. The fourth-order valence-electron chi connectivity index (χ4n) is 3.79. The Morgan fingerprint density at radius 1 is 1.10 bits per heavy atom. The van der Waals surface area contributed by atoms with E-state index in [0.29, 0.717) is 25.1 Å². The monoisotopic (exact) mass is 417 g/mol. The normalized spacial score (nSPS) is 13.8. The molecular formula is C25H27N3O3. The molecule has 0 bridgehead atoms. The average molecular weight is 418 g/mol. The van der Waals surface area contributed by atoms with Crippen LogP contribution in [0.5, 0.6) is 0 Å². The van der Waals surface area contributed by atoms with Crippen LogP contribution in [0.15, 0.2) is 54.9 Å². The van der Waals surface area contributed by atoms with E-state index < -0.39 is 6.09 Å². The number of rotatable bonds is 4. The van der Waals surface area contributed by atoms with Crippen LogP contribution < -0.4 is 0 Å². The minimum atomic E-state index is -0.460. The zero-order valence-corrected chi connectivity index (χ0v) is 18.1. The van der Waals surface area contributed by atoms with Gasteiger partial charge in [0.25, 0.3) is 0 Å². The highest BCUT2D eigenvalue weighted by Crippen LogP contribution is 2.33. The standard InChI is InChI=1S/C25H27N3O3/c1-25(2,3)16-31-24(30)28-14-20-22(21(29)15-28)19(13-17-7-5-4-6-8-17)23(27-20)18-9-11-26-12-10-18/h4-12,27H,13-16H2,1-3H3. The van der Waals surface area contributed by atoms with Gasteiger partial charge in [0.15, 0.2) is 5.78 Å². The van der Waals surface area contributed by atoms with Gasteiger partial charge in [-0.2, -0.15) is 0 Å². The van der Waals surface area contributed by atoms with Crippen molar-refractivity contribution in [3.05, 3.63) is 77.2 Å². The number of aromatic nitrogens is 2. The summed E-state index contributed by atoms with van der Waals surface area (Å²) in [6.45, 7) is 6.64. The van der Waals surface area contributed by atoms with Gasteiger partial charge in [-0.05, 0) is 28.7 Å². The number of benzene rings is 1. The van der Waals surface area contributed by atoms with Crippen molar-refractivity contribution < 1.29 is 14.3 Å². The van der Waals surface area contributed by atoms with E-state index in [1.807, 2.05) is 51.1 Å². The van der Waals surface area contributed by atoms with Gasteiger partial charge in [-0.25, -0.2) is 4.79 Å². The van der Waals surface area contributed by atoms with Crippen LogP contribution in [0, 0.1) is 5.41 Å². The van der Waals surface area contributed by atoms with Crippen LogP contribution in [0.1, 0.15) is 48.0 Å². The quantitative estimate of drug-likeness (QED) is 0.659. The molecule has 1 aromatic carbocycles. The number of amides is 1. The molecule has 4 rings (SSSR count). The van der Waals surface area contributed by atoms with Crippen molar-refractivity contribution in [2.24, 2.45) is 5.41 Å². The Morgan fingerprint density at radius 2 is 1.81 bits per heavy atom. The van der Waals surface area contributed by atoms with Crippen LogP contribution in [0.25, 0.3) is 11.3 Å². The predicted molar refractivity (Wildman–Crippen MR) is 119 cm³/mol. The summed E-state index contributed by atoms with van der Waals surface area (Å²) < 4.78 is 5.44. The number of carbonyl (C=O) groups is 2. The maximum Gasteiger partial charge on any atom is 0.410 e. The Morgan fingerprint density at radius 3 is 2.48 bits per heavy atom. The van der Waals surface area contributed by atoms with Crippen LogP contribution in [0.3, 0.4) is 0 Å². The summed E-state index contributed by atoms with van der Waals surface area (Å²) in [7, 11) is 0. The summed E-state index contributed by atoms with van der Waals surface area (Å²) in [6.07, 6.45) is 3.64. The van der Waals surface area contributed by atoms with Crippen LogP contribution in [-0.4, -0.2) is 39.9 Å². The van der Waals surface area contributed by atoms with Crippen LogP contribution in [0.4, 0.5) is 4.79 Å². The van der Waals surface area contributed by atoms with E-state index in [1.54, 1.807) is 12.4 Å². The lowest BCUT2D eigenvalue weighted by Gasteiger charge is -2.27. The Labute approximate surface area is 182 Å². The number of aromatic amines is 1. The molecule has 1 amide bonds. The van der Waals surface area contributed by atoms with E-state index in [4.69, 9.17) is 4.74 Å². The number of H-pyrrole nitrogens is 1. The third-order valence-electron chi connectivity index (χ3n) is 5.22. The largest absolute Gasteiger partial charge is 0.449 e. The Kier molecular flexibility index (Phi) is 5.63. The topological polar surface area (TPSA) is 75.3 Å². The van der Waals surface area contributed by atoms with Crippen molar-refractivity contribution in [2.75, 3.05) is 13.2 Å². The molecule has 1 aliphatic rings. The van der Waals surface area contributed by atoms with Gasteiger partial charge in [0.1, 0.15) is 0 Å². The number of pyridine rings is 1. The number of ketones is 1. The Bertz CT molecular complexity index is 1080. The molecule has 6 nitrogen and oxygen atoms in total. The lowest BCUT2D eigenvalue weighted by molar-refractivity contribution is 0.0624. The van der Waals surface area contributed by atoms with Crippen LogP contribution in [-0.2, 0) is 17.7 Å². The highest BCUT2D eigenvalue weighted by molar-refractivity contribution is 6.04. The van der Waals surface area contributed by atoms with Crippen molar-refractivity contribution in [1.82, 2.24) is 14.9 Å². The fraction of sp³-hybridized carbons (Fsp3) is 0.320. The molecular weight excluding hydrogens is 390 g/mol. The zero-order valence-electron chi connectivity index (χ0n) is 18.1. The lowest BCUT2D eigenvalue weighted by Crippen LogP contribution is -2.40. The summed E-state index contributed by atoms with van der Waals surface area (Å²) in [4.78, 5) is 34.8. The number of ether oxygens (including phenoxy) is 1. The molecule has 0 saturated heterocycles. The van der Waals surface area contributed by atoms with Gasteiger partial charge in [0.2, 0.25) is 0 Å². The average Bonchev–Trinajstić information content (AvgIpc) is 3.11. The van der Waals surface area contributed by atoms with Crippen molar-refractivity contribution in [1.29, 1.82) is 0 Å². The van der Waals surface area contributed by atoms with E-state index in [0.717, 1.165) is 28.1 Å². The van der Waals surface area contributed by atoms with Crippen molar-refractivity contribution >= 4 is 11.9 Å². The second-order valence-corrected chi connectivity index (χ2v) is 9.12. The number of carbonyl (C=O) groups excluding carboxylic acids is 2. The molecule has 0 spiro atoms. The molecule has 2 aromatic heterocycles. The number of nitrogens with zero attached hydrogens (tertiary/aromatic N) is 2. The van der Waals surface area contributed by atoms with Crippen molar-refractivity contribution in [3.8, 4) is 11.3 Å². The van der Waals surface area contributed by atoms with Crippen molar-refractivity contribution in [2.45, 2.75) is 33.7 Å². The molecule has 31 heavy (non-hydrogen) atoms. The van der Waals surface area contributed by atoms with Gasteiger partial charge in [-0.1, -0.05) is 51.1 Å². The highest BCUT2D eigenvalue weighted by atomic mass is 16.6. The Hall–Kier alpha value is -3.41. The minimum Gasteiger partial charge on any atom is -0.449 e. The molecule has 6 heteroatoms. The van der Waals surface area contributed by atoms with Gasteiger partial charge >= 0.3 is 6.09 Å². The second kappa shape index (κ2) is 8.38. The summed E-state index contributed by atoms with van der Waals surface area (Å²) in [5.74, 6) is -0.0727. The van der Waals surface area contributed by atoms with Gasteiger partial charge < -0.3 is 9.72 Å². The number of hydrogen-bond acceptors (Lipinski definition) is 4. The number of hydrogen-bond donors (Lipinski definition) is 1. The molecule has 3 aromatic rings. The molecule has 0 radical (unpaired) electrons. The summed E-state index contributed by atoms with van der Waals surface area (Å²) >= 11 is 0. The van der Waals surface area contributed by atoms with Crippen LogP contribution in [0.2, 0.25) is 0 Å². The molecule has 1 N–H and O–H groups in total. The number of fused-ring (bicyclic) bond motifs is 1. The first-order valence-electron chi connectivity index (χ1n) is 10.4. The Balaban J connectivity index is 1.69. The molecule has 0 fully saturated rings. The molecule has 0 atom stereocenters. The van der Waals surface area contributed by atoms with Crippen LogP contribution >= 0.6 is 0 Å². The third kappa shape index (κ3) is 4.68. The maximum atomic E-state index is 13.2. The molecule has 0 saturated carbocycles. The first-order valence-corrected chi connectivity index (χ1v) is 10.4. The molecule has 0 unspecified atom stereocenters. The summed E-state index contributed by atoms with van der Waals surface area (Å²) in [5.41, 5.74) is 5.25. The van der Waals surface area contributed by atoms with E-state index in [1.165, 1.54) is 4.90 Å². The molecule has 1 aliphatic heterocycles. The highest BCUT2D eigenvalue weighted by Gasteiger charge is 2.33. The predicted octanol–water partition coefficient (Wildman–Crippen LogP) is 4.85. The van der Waals surface area contributed by atoms with Gasteiger partial charge in [-0.3, -0.25) is 14.7 Å². The number of nitrogens with one attached hydrogen (secondary N) is 1. The SMILES string of the molecule is CC(C)(C)COC(=O)N1CC(=O)c2c([nH]c(-c3ccncc3)c2Cc2ccccc2)C1. The first kappa shape index (κ1) is 20.8. The smallest absolute Gasteiger partial charge is 0.410 e. The summed E-state index contributed by atoms with van der Waals surface area (Å²) in [5, 5.41) is 0.